The number of anilines is 1. The molecule has 24 heavy (non-hydrogen) atoms. The predicted octanol–water partition coefficient (Wildman–Crippen LogP) is 2.82. The van der Waals surface area contributed by atoms with Gasteiger partial charge < -0.3 is 9.32 Å². The Hall–Kier alpha value is -2.25. The van der Waals surface area contributed by atoms with Crippen LogP contribution in [0.3, 0.4) is 0 Å². The molecule has 6 nitrogen and oxygen atoms in total. The summed E-state index contributed by atoms with van der Waals surface area (Å²) in [6.45, 7) is 6.67. The van der Waals surface area contributed by atoms with Gasteiger partial charge in [-0.2, -0.15) is 0 Å². The SMILES string of the molecule is Cc1ccc(-c2nnc(CN3CCN(c4nccs4)CC3)o2)cc1. The topological polar surface area (TPSA) is 58.3 Å². The molecule has 2 aromatic heterocycles. The number of thiazole rings is 1. The molecule has 3 aromatic rings. The van der Waals surface area contributed by atoms with E-state index in [-0.39, 0.29) is 0 Å². The number of rotatable bonds is 4. The maximum Gasteiger partial charge on any atom is 0.247 e. The Morgan fingerprint density at radius 1 is 1.08 bits per heavy atom. The third-order valence-corrected chi connectivity index (χ3v) is 5.02. The quantitative estimate of drug-likeness (QED) is 0.727. The van der Waals surface area contributed by atoms with E-state index in [0.717, 1.165) is 36.9 Å². The summed E-state index contributed by atoms with van der Waals surface area (Å²) in [5.74, 6) is 1.26. The molecule has 0 aliphatic carbocycles. The first-order chi connectivity index (χ1) is 11.8. The molecule has 3 heterocycles. The Bertz CT molecular complexity index is 776. The van der Waals surface area contributed by atoms with E-state index < -0.39 is 0 Å². The molecule has 4 rings (SSSR count). The zero-order valence-corrected chi connectivity index (χ0v) is 14.4. The summed E-state index contributed by atoms with van der Waals surface area (Å²) >= 11 is 1.69. The van der Waals surface area contributed by atoms with Gasteiger partial charge in [-0.3, -0.25) is 4.90 Å². The van der Waals surface area contributed by atoms with E-state index in [1.54, 1.807) is 11.3 Å². The predicted molar refractivity (Wildman–Crippen MR) is 94.1 cm³/mol. The molecular weight excluding hydrogens is 322 g/mol. The van der Waals surface area contributed by atoms with Crippen molar-refractivity contribution in [2.75, 3.05) is 31.1 Å². The first-order valence-electron chi connectivity index (χ1n) is 8.04. The highest BCUT2D eigenvalue weighted by Crippen LogP contribution is 2.21. The first kappa shape index (κ1) is 15.3. The molecule has 7 heteroatoms. The molecule has 0 N–H and O–H groups in total. The largest absolute Gasteiger partial charge is 0.419 e. The van der Waals surface area contributed by atoms with Gasteiger partial charge in [0.2, 0.25) is 11.8 Å². The van der Waals surface area contributed by atoms with Gasteiger partial charge in [-0.25, -0.2) is 4.98 Å². The second-order valence-electron chi connectivity index (χ2n) is 5.94. The van der Waals surface area contributed by atoms with E-state index in [2.05, 4.69) is 44.0 Å². The van der Waals surface area contributed by atoms with E-state index in [4.69, 9.17) is 4.42 Å². The van der Waals surface area contributed by atoms with Crippen molar-refractivity contribution in [3.05, 3.63) is 47.3 Å². The van der Waals surface area contributed by atoms with Crippen LogP contribution in [0.1, 0.15) is 11.5 Å². The lowest BCUT2D eigenvalue weighted by Crippen LogP contribution is -2.46. The lowest BCUT2D eigenvalue weighted by atomic mass is 10.1. The van der Waals surface area contributed by atoms with Crippen LogP contribution in [0.5, 0.6) is 0 Å². The molecule has 124 valence electrons. The number of aromatic nitrogens is 3. The molecule has 0 atom stereocenters. The molecule has 0 amide bonds. The molecular formula is C17H19N5OS. The van der Waals surface area contributed by atoms with Gasteiger partial charge in [-0.05, 0) is 19.1 Å². The number of piperazine rings is 1. The fraction of sp³-hybridized carbons (Fsp3) is 0.353. The van der Waals surface area contributed by atoms with Crippen LogP contribution in [0.15, 0.2) is 40.3 Å². The average molecular weight is 341 g/mol. The summed E-state index contributed by atoms with van der Waals surface area (Å²) in [6.07, 6.45) is 1.86. The molecule has 1 aromatic carbocycles. The Morgan fingerprint density at radius 2 is 1.88 bits per heavy atom. The highest BCUT2D eigenvalue weighted by molar-refractivity contribution is 7.13. The van der Waals surface area contributed by atoms with Crippen LogP contribution in [0.25, 0.3) is 11.5 Å². The summed E-state index contributed by atoms with van der Waals surface area (Å²) in [5.41, 5.74) is 2.18. The van der Waals surface area contributed by atoms with Gasteiger partial charge in [0.25, 0.3) is 0 Å². The lowest BCUT2D eigenvalue weighted by molar-refractivity contribution is 0.227. The van der Waals surface area contributed by atoms with Gasteiger partial charge in [0.15, 0.2) is 5.13 Å². The maximum atomic E-state index is 5.82. The standard InChI is InChI=1S/C17H19N5OS/c1-13-2-4-14(5-3-13)16-20-19-15(23-16)12-21-7-9-22(10-8-21)17-18-6-11-24-17/h2-6,11H,7-10,12H2,1H3. The van der Waals surface area contributed by atoms with Gasteiger partial charge in [0, 0.05) is 43.3 Å². The molecule has 0 bridgehead atoms. The second kappa shape index (κ2) is 6.70. The Balaban J connectivity index is 1.36. The van der Waals surface area contributed by atoms with Crippen molar-refractivity contribution in [1.82, 2.24) is 20.1 Å². The lowest BCUT2D eigenvalue weighted by Gasteiger charge is -2.33. The third kappa shape index (κ3) is 3.32. The first-order valence-corrected chi connectivity index (χ1v) is 8.92. The van der Waals surface area contributed by atoms with Crippen molar-refractivity contribution in [2.45, 2.75) is 13.5 Å². The van der Waals surface area contributed by atoms with Crippen molar-refractivity contribution in [2.24, 2.45) is 0 Å². The summed E-state index contributed by atoms with van der Waals surface area (Å²) < 4.78 is 5.82. The fourth-order valence-electron chi connectivity index (χ4n) is 2.79. The van der Waals surface area contributed by atoms with Crippen LogP contribution in [-0.4, -0.2) is 46.3 Å². The van der Waals surface area contributed by atoms with Gasteiger partial charge in [-0.1, -0.05) is 17.7 Å². The Kier molecular flexibility index (Phi) is 4.27. The average Bonchev–Trinajstić information content (AvgIpc) is 3.28. The second-order valence-corrected chi connectivity index (χ2v) is 6.82. The third-order valence-electron chi connectivity index (χ3n) is 4.19. The van der Waals surface area contributed by atoms with Crippen LogP contribution < -0.4 is 4.90 Å². The monoisotopic (exact) mass is 341 g/mol. The molecule has 0 radical (unpaired) electrons. The van der Waals surface area contributed by atoms with Gasteiger partial charge in [-0.15, -0.1) is 21.5 Å². The Labute approximate surface area is 144 Å². The summed E-state index contributed by atoms with van der Waals surface area (Å²) in [6, 6.07) is 8.13. The minimum Gasteiger partial charge on any atom is -0.419 e. The van der Waals surface area contributed by atoms with Gasteiger partial charge >= 0.3 is 0 Å². The van der Waals surface area contributed by atoms with Gasteiger partial charge in [0.05, 0.1) is 6.54 Å². The zero-order valence-electron chi connectivity index (χ0n) is 13.6. The number of hydrogen-bond donors (Lipinski definition) is 0. The minimum absolute atomic E-state index is 0.589. The summed E-state index contributed by atoms with van der Waals surface area (Å²) in [7, 11) is 0. The smallest absolute Gasteiger partial charge is 0.247 e. The number of hydrogen-bond acceptors (Lipinski definition) is 7. The molecule has 1 aliphatic heterocycles. The van der Waals surface area contributed by atoms with Crippen LogP contribution in [0, 0.1) is 6.92 Å². The molecule has 1 fully saturated rings. The summed E-state index contributed by atoms with van der Waals surface area (Å²) in [4.78, 5) is 9.05. The van der Waals surface area contributed by atoms with E-state index in [1.807, 2.05) is 23.7 Å². The van der Waals surface area contributed by atoms with Gasteiger partial charge in [0.1, 0.15) is 0 Å². The number of nitrogens with zero attached hydrogens (tertiary/aromatic N) is 5. The highest BCUT2D eigenvalue weighted by atomic mass is 32.1. The van der Waals surface area contributed by atoms with E-state index in [0.29, 0.717) is 18.3 Å². The molecule has 1 saturated heterocycles. The fourth-order valence-corrected chi connectivity index (χ4v) is 3.49. The van der Waals surface area contributed by atoms with Crippen LogP contribution in [0.2, 0.25) is 0 Å². The zero-order chi connectivity index (χ0) is 16.4. The van der Waals surface area contributed by atoms with Crippen molar-refractivity contribution < 1.29 is 4.42 Å². The van der Waals surface area contributed by atoms with Crippen molar-refractivity contribution in [3.63, 3.8) is 0 Å². The van der Waals surface area contributed by atoms with Crippen LogP contribution >= 0.6 is 11.3 Å². The normalized spacial score (nSPS) is 15.8. The van der Waals surface area contributed by atoms with E-state index in [1.165, 1.54) is 5.56 Å². The maximum absolute atomic E-state index is 5.82. The van der Waals surface area contributed by atoms with Crippen LogP contribution in [-0.2, 0) is 6.54 Å². The van der Waals surface area contributed by atoms with E-state index in [9.17, 15) is 0 Å². The minimum atomic E-state index is 0.589. The molecule has 0 unspecified atom stereocenters. The number of benzene rings is 1. The Morgan fingerprint density at radius 3 is 2.58 bits per heavy atom. The van der Waals surface area contributed by atoms with Crippen molar-refractivity contribution in [1.29, 1.82) is 0 Å². The molecule has 0 saturated carbocycles. The molecule has 0 spiro atoms. The van der Waals surface area contributed by atoms with E-state index >= 15 is 0 Å². The summed E-state index contributed by atoms with van der Waals surface area (Å²) in [5, 5.41) is 11.5. The highest BCUT2D eigenvalue weighted by Gasteiger charge is 2.20. The van der Waals surface area contributed by atoms with Crippen LogP contribution in [0.4, 0.5) is 5.13 Å². The van der Waals surface area contributed by atoms with Crippen molar-refractivity contribution in [3.8, 4) is 11.5 Å². The number of aryl methyl sites for hydroxylation is 1. The van der Waals surface area contributed by atoms with Crippen molar-refractivity contribution >= 4 is 16.5 Å². The molecule has 1 aliphatic rings.